The third-order valence-corrected chi connectivity index (χ3v) is 3.51. The lowest BCUT2D eigenvalue weighted by molar-refractivity contribution is 0.0943. The molecular weight excluding hydrogens is 285 g/mol. The van der Waals surface area contributed by atoms with Crippen molar-refractivity contribution in [3.8, 4) is 0 Å². The Hall–Kier alpha value is -0.770. The highest BCUT2D eigenvalue weighted by Gasteiger charge is 2.13. The first-order chi connectivity index (χ1) is 9.08. The molecule has 0 bridgehead atoms. The Morgan fingerprint density at radius 1 is 1.37 bits per heavy atom. The molecule has 0 heterocycles. The molecule has 0 saturated heterocycles. The molecule has 1 unspecified atom stereocenters. The fourth-order valence-corrected chi connectivity index (χ4v) is 2.44. The SMILES string of the molecule is CCCC(CCO)CNC(=O)c1ccc(Cl)cc1Cl. The minimum absolute atomic E-state index is 0.141. The van der Waals surface area contributed by atoms with Crippen molar-refractivity contribution in [2.24, 2.45) is 5.92 Å². The molecule has 19 heavy (non-hydrogen) atoms. The molecule has 106 valence electrons. The largest absolute Gasteiger partial charge is 0.396 e. The Kier molecular flexibility index (Phi) is 7.21. The van der Waals surface area contributed by atoms with E-state index in [1.54, 1.807) is 18.2 Å². The molecule has 5 heteroatoms. The van der Waals surface area contributed by atoms with Crippen LogP contribution in [-0.2, 0) is 0 Å². The van der Waals surface area contributed by atoms with Gasteiger partial charge in [0.25, 0.3) is 5.91 Å². The van der Waals surface area contributed by atoms with E-state index in [9.17, 15) is 4.79 Å². The maximum atomic E-state index is 12.0. The second-order valence-corrected chi connectivity index (χ2v) is 5.34. The Morgan fingerprint density at radius 2 is 2.11 bits per heavy atom. The molecule has 0 aromatic heterocycles. The zero-order chi connectivity index (χ0) is 14.3. The van der Waals surface area contributed by atoms with Gasteiger partial charge in [-0.15, -0.1) is 0 Å². The van der Waals surface area contributed by atoms with E-state index in [2.05, 4.69) is 12.2 Å². The summed E-state index contributed by atoms with van der Waals surface area (Å²) < 4.78 is 0. The number of halogens is 2. The highest BCUT2D eigenvalue weighted by Crippen LogP contribution is 2.21. The third kappa shape index (κ3) is 5.39. The predicted molar refractivity (Wildman–Crippen MR) is 78.9 cm³/mol. The summed E-state index contributed by atoms with van der Waals surface area (Å²) in [6, 6.07) is 4.80. The summed E-state index contributed by atoms with van der Waals surface area (Å²) in [5.41, 5.74) is 0.422. The van der Waals surface area contributed by atoms with Gasteiger partial charge >= 0.3 is 0 Å². The number of carbonyl (C=O) groups excluding carboxylic acids is 1. The summed E-state index contributed by atoms with van der Waals surface area (Å²) in [6.45, 7) is 2.77. The summed E-state index contributed by atoms with van der Waals surface area (Å²) in [6.07, 6.45) is 2.71. The molecule has 2 N–H and O–H groups in total. The van der Waals surface area contributed by atoms with Gasteiger partial charge in [-0.3, -0.25) is 4.79 Å². The van der Waals surface area contributed by atoms with E-state index in [-0.39, 0.29) is 12.5 Å². The Morgan fingerprint density at radius 3 is 2.68 bits per heavy atom. The monoisotopic (exact) mass is 303 g/mol. The fourth-order valence-electron chi connectivity index (χ4n) is 1.95. The zero-order valence-electron chi connectivity index (χ0n) is 11.0. The van der Waals surface area contributed by atoms with E-state index in [4.69, 9.17) is 28.3 Å². The number of amides is 1. The van der Waals surface area contributed by atoms with Crippen LogP contribution in [0.1, 0.15) is 36.5 Å². The third-order valence-electron chi connectivity index (χ3n) is 2.96. The summed E-state index contributed by atoms with van der Waals surface area (Å²) >= 11 is 11.8. The van der Waals surface area contributed by atoms with Gasteiger partial charge in [0.05, 0.1) is 10.6 Å². The molecule has 0 radical (unpaired) electrons. The standard InChI is InChI=1S/C14H19Cl2NO2/c1-2-3-10(6-7-18)9-17-14(19)12-5-4-11(15)8-13(12)16/h4-5,8,10,18H,2-3,6-7,9H2,1H3,(H,17,19). The number of aliphatic hydroxyl groups is 1. The molecule has 0 aliphatic rings. The average molecular weight is 304 g/mol. The second kappa shape index (κ2) is 8.41. The smallest absolute Gasteiger partial charge is 0.252 e. The van der Waals surface area contributed by atoms with Crippen molar-refractivity contribution in [3.05, 3.63) is 33.8 Å². The first-order valence-corrected chi connectivity index (χ1v) is 7.18. The van der Waals surface area contributed by atoms with Crippen LogP contribution < -0.4 is 5.32 Å². The van der Waals surface area contributed by atoms with Gasteiger partial charge in [0.15, 0.2) is 0 Å². The van der Waals surface area contributed by atoms with Crippen LogP contribution in [-0.4, -0.2) is 24.2 Å². The lowest BCUT2D eigenvalue weighted by Crippen LogP contribution is -2.30. The summed E-state index contributed by atoms with van der Waals surface area (Å²) in [7, 11) is 0. The van der Waals surface area contributed by atoms with Crippen molar-refractivity contribution >= 4 is 29.1 Å². The lowest BCUT2D eigenvalue weighted by Gasteiger charge is -2.16. The molecular formula is C14H19Cl2NO2. The Balaban J connectivity index is 2.58. The van der Waals surface area contributed by atoms with E-state index in [1.807, 2.05) is 0 Å². The topological polar surface area (TPSA) is 49.3 Å². The van der Waals surface area contributed by atoms with Crippen LogP contribution >= 0.6 is 23.2 Å². The normalized spacial score (nSPS) is 12.2. The van der Waals surface area contributed by atoms with Gasteiger partial charge in [0.1, 0.15) is 0 Å². The van der Waals surface area contributed by atoms with Crippen LogP contribution in [0.5, 0.6) is 0 Å². The number of hydrogen-bond donors (Lipinski definition) is 2. The van der Waals surface area contributed by atoms with Gasteiger partial charge in [0.2, 0.25) is 0 Å². The van der Waals surface area contributed by atoms with Crippen LogP contribution in [0, 0.1) is 5.92 Å². The van der Waals surface area contributed by atoms with Crippen molar-refractivity contribution in [1.82, 2.24) is 5.32 Å². The fraction of sp³-hybridized carbons (Fsp3) is 0.500. The van der Waals surface area contributed by atoms with Gasteiger partial charge in [-0.05, 0) is 37.0 Å². The molecule has 0 aliphatic heterocycles. The van der Waals surface area contributed by atoms with E-state index in [0.29, 0.717) is 34.5 Å². The van der Waals surface area contributed by atoms with Crippen LogP contribution in [0.2, 0.25) is 10.0 Å². The van der Waals surface area contributed by atoms with Crippen molar-refractivity contribution in [2.45, 2.75) is 26.2 Å². The number of rotatable bonds is 7. The molecule has 0 fully saturated rings. The molecule has 3 nitrogen and oxygen atoms in total. The molecule has 1 atom stereocenters. The quantitative estimate of drug-likeness (QED) is 0.809. The number of carbonyl (C=O) groups is 1. The van der Waals surface area contributed by atoms with Crippen LogP contribution in [0.4, 0.5) is 0 Å². The second-order valence-electron chi connectivity index (χ2n) is 4.50. The van der Waals surface area contributed by atoms with Crippen LogP contribution in [0.3, 0.4) is 0 Å². The lowest BCUT2D eigenvalue weighted by atomic mass is 10.00. The molecule has 1 amide bonds. The Labute approximate surface area is 123 Å². The summed E-state index contributed by atoms with van der Waals surface area (Å²) in [5.74, 6) is 0.0886. The summed E-state index contributed by atoms with van der Waals surface area (Å²) in [5, 5.41) is 12.7. The number of aliphatic hydroxyl groups excluding tert-OH is 1. The van der Waals surface area contributed by atoms with Crippen molar-refractivity contribution in [1.29, 1.82) is 0 Å². The van der Waals surface area contributed by atoms with Gasteiger partial charge in [-0.1, -0.05) is 36.5 Å². The van der Waals surface area contributed by atoms with Crippen molar-refractivity contribution in [3.63, 3.8) is 0 Å². The van der Waals surface area contributed by atoms with E-state index in [0.717, 1.165) is 12.8 Å². The number of hydrogen-bond acceptors (Lipinski definition) is 2. The highest BCUT2D eigenvalue weighted by atomic mass is 35.5. The van der Waals surface area contributed by atoms with Crippen LogP contribution in [0.15, 0.2) is 18.2 Å². The van der Waals surface area contributed by atoms with Crippen LogP contribution in [0.25, 0.3) is 0 Å². The molecule has 1 rings (SSSR count). The first kappa shape index (κ1) is 16.3. The van der Waals surface area contributed by atoms with E-state index in [1.165, 1.54) is 0 Å². The highest BCUT2D eigenvalue weighted by molar-refractivity contribution is 6.36. The van der Waals surface area contributed by atoms with Gasteiger partial charge < -0.3 is 10.4 Å². The van der Waals surface area contributed by atoms with Crippen molar-refractivity contribution in [2.75, 3.05) is 13.2 Å². The summed E-state index contributed by atoms with van der Waals surface area (Å²) in [4.78, 5) is 12.0. The van der Waals surface area contributed by atoms with Gasteiger partial charge in [-0.25, -0.2) is 0 Å². The number of nitrogens with one attached hydrogen (secondary N) is 1. The molecule has 0 saturated carbocycles. The molecule has 1 aromatic carbocycles. The Bertz CT molecular complexity index is 418. The van der Waals surface area contributed by atoms with E-state index < -0.39 is 0 Å². The molecule has 0 aliphatic carbocycles. The maximum absolute atomic E-state index is 12.0. The van der Waals surface area contributed by atoms with Gasteiger partial charge in [0, 0.05) is 18.2 Å². The average Bonchev–Trinajstić information content (AvgIpc) is 2.36. The van der Waals surface area contributed by atoms with Gasteiger partial charge in [-0.2, -0.15) is 0 Å². The zero-order valence-corrected chi connectivity index (χ0v) is 12.5. The molecule has 1 aromatic rings. The maximum Gasteiger partial charge on any atom is 0.252 e. The number of benzene rings is 1. The van der Waals surface area contributed by atoms with E-state index >= 15 is 0 Å². The minimum Gasteiger partial charge on any atom is -0.396 e. The minimum atomic E-state index is -0.208. The predicted octanol–water partition coefficient (Wildman–Crippen LogP) is 3.52. The van der Waals surface area contributed by atoms with Crippen molar-refractivity contribution < 1.29 is 9.90 Å². The first-order valence-electron chi connectivity index (χ1n) is 6.42. The molecule has 0 spiro atoms.